The van der Waals surface area contributed by atoms with Gasteiger partial charge in [-0.2, -0.15) is 5.10 Å². The first-order valence-electron chi connectivity index (χ1n) is 9.51. The second-order valence-corrected chi connectivity index (χ2v) is 6.33. The first-order valence-corrected chi connectivity index (χ1v) is 9.51. The zero-order valence-corrected chi connectivity index (χ0v) is 16.5. The van der Waals surface area contributed by atoms with Crippen LogP contribution in [0.2, 0.25) is 0 Å². The van der Waals surface area contributed by atoms with Gasteiger partial charge in [0.1, 0.15) is 17.3 Å². The van der Waals surface area contributed by atoms with Crippen molar-refractivity contribution in [2.75, 3.05) is 19.8 Å². The number of nitrogens with zero attached hydrogens (tertiary/aromatic N) is 2. The van der Waals surface area contributed by atoms with Gasteiger partial charge in [0.2, 0.25) is 0 Å². The first-order chi connectivity index (χ1) is 14.5. The van der Waals surface area contributed by atoms with E-state index in [1.54, 1.807) is 42.5 Å². The summed E-state index contributed by atoms with van der Waals surface area (Å²) in [5, 5.41) is 6.96. The molecule has 1 amide bonds. The molecular weight excluding hydrogens is 389 g/mol. The quantitative estimate of drug-likeness (QED) is 0.585. The van der Waals surface area contributed by atoms with Crippen molar-refractivity contribution in [1.29, 1.82) is 0 Å². The fraction of sp³-hybridized carbons (Fsp3) is 0.227. The van der Waals surface area contributed by atoms with Crippen LogP contribution in [-0.4, -0.2) is 35.4 Å². The Morgan fingerprint density at radius 2 is 1.67 bits per heavy atom. The molecule has 0 aliphatic carbocycles. The van der Waals surface area contributed by atoms with Crippen LogP contribution in [0.1, 0.15) is 6.92 Å². The maximum atomic E-state index is 13.1. The lowest BCUT2D eigenvalue weighted by molar-refractivity contribution is -0.123. The van der Waals surface area contributed by atoms with Crippen LogP contribution in [0.25, 0.3) is 11.3 Å². The molecule has 7 nitrogen and oxygen atoms in total. The van der Waals surface area contributed by atoms with E-state index in [9.17, 15) is 14.0 Å². The Labute approximate surface area is 173 Å². The lowest BCUT2D eigenvalue weighted by Gasteiger charge is -2.10. The van der Waals surface area contributed by atoms with E-state index in [0.717, 1.165) is 5.75 Å². The standard InChI is InChI=1S/C22H22FN3O4/c1-2-29-18-7-9-19(10-8-18)30-15-21(27)24-13-14-26-22(28)12-11-20(25-26)16-3-5-17(23)6-4-16/h3-12H,2,13-15H2,1H3,(H,24,27). The van der Waals surface area contributed by atoms with Crippen LogP contribution in [0, 0.1) is 5.82 Å². The molecule has 0 unspecified atom stereocenters. The van der Waals surface area contributed by atoms with E-state index >= 15 is 0 Å². The molecule has 3 aromatic rings. The minimum absolute atomic E-state index is 0.147. The van der Waals surface area contributed by atoms with E-state index in [2.05, 4.69) is 10.4 Å². The number of hydrogen-bond donors (Lipinski definition) is 1. The molecule has 8 heteroatoms. The monoisotopic (exact) mass is 411 g/mol. The zero-order valence-electron chi connectivity index (χ0n) is 16.5. The van der Waals surface area contributed by atoms with Crippen LogP contribution in [0.4, 0.5) is 4.39 Å². The highest BCUT2D eigenvalue weighted by Crippen LogP contribution is 2.17. The zero-order chi connectivity index (χ0) is 21.3. The minimum atomic E-state index is -0.345. The molecule has 2 aromatic carbocycles. The summed E-state index contributed by atoms with van der Waals surface area (Å²) < 4.78 is 25.1. The van der Waals surface area contributed by atoms with Gasteiger partial charge in [-0.3, -0.25) is 9.59 Å². The fourth-order valence-electron chi connectivity index (χ4n) is 2.68. The molecule has 0 spiro atoms. The lowest BCUT2D eigenvalue weighted by atomic mass is 10.1. The minimum Gasteiger partial charge on any atom is -0.494 e. The Bertz CT molecular complexity index is 1030. The van der Waals surface area contributed by atoms with Crippen LogP contribution >= 0.6 is 0 Å². The highest BCUT2D eigenvalue weighted by Gasteiger charge is 2.06. The predicted molar refractivity (Wildman–Crippen MR) is 110 cm³/mol. The van der Waals surface area contributed by atoms with E-state index in [1.165, 1.54) is 22.9 Å². The summed E-state index contributed by atoms with van der Waals surface area (Å²) in [6.45, 7) is 2.74. The number of aromatic nitrogens is 2. The predicted octanol–water partition coefficient (Wildman–Crippen LogP) is 2.64. The Kier molecular flexibility index (Phi) is 7.15. The van der Waals surface area contributed by atoms with Crippen molar-refractivity contribution in [3.05, 3.63) is 76.8 Å². The number of carbonyl (C=O) groups excluding carboxylic acids is 1. The van der Waals surface area contributed by atoms with Crippen LogP contribution in [-0.2, 0) is 11.3 Å². The van der Waals surface area contributed by atoms with Gasteiger partial charge in [0.05, 0.1) is 18.8 Å². The molecule has 0 atom stereocenters. The van der Waals surface area contributed by atoms with Gasteiger partial charge >= 0.3 is 0 Å². The summed E-state index contributed by atoms with van der Waals surface area (Å²) in [5.41, 5.74) is 0.943. The second kappa shape index (κ2) is 10.2. The molecule has 1 heterocycles. The Hall–Kier alpha value is -3.68. The molecule has 0 radical (unpaired) electrons. The maximum Gasteiger partial charge on any atom is 0.266 e. The smallest absolute Gasteiger partial charge is 0.266 e. The van der Waals surface area contributed by atoms with Crippen molar-refractivity contribution in [2.24, 2.45) is 0 Å². The van der Waals surface area contributed by atoms with Crippen molar-refractivity contribution in [3.8, 4) is 22.8 Å². The van der Waals surface area contributed by atoms with Crippen LogP contribution < -0.4 is 20.3 Å². The highest BCUT2D eigenvalue weighted by atomic mass is 19.1. The van der Waals surface area contributed by atoms with E-state index in [1.807, 2.05) is 6.92 Å². The summed E-state index contributed by atoms with van der Waals surface area (Å²) in [7, 11) is 0. The van der Waals surface area contributed by atoms with Crippen molar-refractivity contribution in [1.82, 2.24) is 15.1 Å². The van der Waals surface area contributed by atoms with Crippen molar-refractivity contribution >= 4 is 5.91 Å². The molecule has 0 bridgehead atoms. The number of carbonyl (C=O) groups is 1. The SMILES string of the molecule is CCOc1ccc(OCC(=O)NCCn2nc(-c3ccc(F)cc3)ccc2=O)cc1. The number of halogens is 1. The van der Waals surface area contributed by atoms with Gasteiger partial charge in [-0.15, -0.1) is 0 Å². The van der Waals surface area contributed by atoms with E-state index in [0.29, 0.717) is 23.6 Å². The van der Waals surface area contributed by atoms with Crippen molar-refractivity contribution in [3.63, 3.8) is 0 Å². The summed E-state index contributed by atoms with van der Waals surface area (Å²) in [6, 6.07) is 15.8. The summed E-state index contributed by atoms with van der Waals surface area (Å²) in [6.07, 6.45) is 0. The number of rotatable bonds is 9. The number of benzene rings is 2. The second-order valence-electron chi connectivity index (χ2n) is 6.33. The first kappa shape index (κ1) is 21.0. The van der Waals surface area contributed by atoms with Gasteiger partial charge in [0.25, 0.3) is 11.5 Å². The normalized spacial score (nSPS) is 10.5. The largest absolute Gasteiger partial charge is 0.494 e. The third-order valence-corrected chi connectivity index (χ3v) is 4.16. The van der Waals surface area contributed by atoms with E-state index < -0.39 is 0 Å². The summed E-state index contributed by atoms with van der Waals surface area (Å²) in [5.74, 6) is 0.627. The molecule has 156 valence electrons. The highest BCUT2D eigenvalue weighted by molar-refractivity contribution is 5.77. The number of hydrogen-bond acceptors (Lipinski definition) is 5. The molecule has 3 rings (SSSR count). The molecule has 0 fully saturated rings. The van der Waals surface area contributed by atoms with Crippen LogP contribution in [0.15, 0.2) is 65.5 Å². The average Bonchev–Trinajstić information content (AvgIpc) is 2.75. The van der Waals surface area contributed by atoms with Gasteiger partial charge < -0.3 is 14.8 Å². The van der Waals surface area contributed by atoms with Gasteiger partial charge in [0.15, 0.2) is 6.61 Å². The number of ether oxygens (including phenoxy) is 2. The Balaban J connectivity index is 1.49. The average molecular weight is 411 g/mol. The Morgan fingerprint density at radius 3 is 2.33 bits per heavy atom. The van der Waals surface area contributed by atoms with E-state index in [4.69, 9.17) is 9.47 Å². The fourth-order valence-corrected chi connectivity index (χ4v) is 2.68. The van der Waals surface area contributed by atoms with Gasteiger partial charge in [-0.25, -0.2) is 9.07 Å². The van der Waals surface area contributed by atoms with Crippen LogP contribution in [0.5, 0.6) is 11.5 Å². The Morgan fingerprint density at radius 1 is 1.00 bits per heavy atom. The van der Waals surface area contributed by atoms with E-state index in [-0.39, 0.29) is 37.0 Å². The third-order valence-electron chi connectivity index (χ3n) is 4.16. The molecule has 1 N–H and O–H groups in total. The molecule has 1 aromatic heterocycles. The number of amides is 1. The molecular formula is C22H22FN3O4. The van der Waals surface area contributed by atoms with Gasteiger partial charge in [-0.05, 0) is 61.5 Å². The topological polar surface area (TPSA) is 82.4 Å². The third kappa shape index (κ3) is 5.91. The molecule has 0 saturated carbocycles. The van der Waals surface area contributed by atoms with Crippen molar-refractivity contribution in [2.45, 2.75) is 13.5 Å². The summed E-state index contributed by atoms with van der Waals surface area (Å²) >= 11 is 0. The maximum absolute atomic E-state index is 13.1. The lowest BCUT2D eigenvalue weighted by Crippen LogP contribution is -2.34. The molecule has 0 aliphatic rings. The van der Waals surface area contributed by atoms with Crippen LogP contribution in [0.3, 0.4) is 0 Å². The molecule has 0 aliphatic heterocycles. The van der Waals surface area contributed by atoms with Gasteiger partial charge in [-0.1, -0.05) is 0 Å². The molecule has 0 saturated heterocycles. The summed E-state index contributed by atoms with van der Waals surface area (Å²) in [4.78, 5) is 24.0. The molecule has 30 heavy (non-hydrogen) atoms. The van der Waals surface area contributed by atoms with Crippen molar-refractivity contribution < 1.29 is 18.7 Å². The number of nitrogens with one attached hydrogen (secondary N) is 1. The van der Waals surface area contributed by atoms with Gasteiger partial charge in [0, 0.05) is 18.2 Å².